The quantitative estimate of drug-likeness (QED) is 0.658. The third-order valence-electron chi connectivity index (χ3n) is 2.41. The van der Waals surface area contributed by atoms with Gasteiger partial charge in [-0.3, -0.25) is 4.79 Å². The smallest absolute Gasteiger partial charge is 0.418 e. The number of alkyl halides is 3. The van der Waals surface area contributed by atoms with Gasteiger partial charge >= 0.3 is 12.1 Å². The van der Waals surface area contributed by atoms with Crippen LogP contribution >= 0.6 is 0 Å². The minimum absolute atomic E-state index is 0.163. The molecule has 0 bridgehead atoms. The highest BCUT2D eigenvalue weighted by Gasteiger charge is 2.40. The summed E-state index contributed by atoms with van der Waals surface area (Å²) in [5.41, 5.74) is 0.227. The summed E-state index contributed by atoms with van der Waals surface area (Å²) in [6, 6.07) is 2.58. The molecule has 0 heterocycles. The van der Waals surface area contributed by atoms with Gasteiger partial charge in [0.25, 0.3) is 0 Å². The van der Waals surface area contributed by atoms with E-state index in [0.29, 0.717) is 0 Å². The molecule has 0 aliphatic heterocycles. The molecule has 0 aliphatic rings. The van der Waals surface area contributed by atoms with Crippen molar-refractivity contribution in [1.82, 2.24) is 0 Å². The topological polar surface area (TPSA) is 46.5 Å². The number of benzene rings is 1. The number of ether oxygens (including phenoxy) is 1. The number of aryl methyl sites for hydroxylation is 2. The van der Waals surface area contributed by atoms with Crippen LogP contribution in [0.2, 0.25) is 0 Å². The summed E-state index contributed by atoms with van der Waals surface area (Å²) in [7, 11) is 0. The van der Waals surface area contributed by atoms with Crippen LogP contribution in [0.15, 0.2) is 12.1 Å². The molecule has 0 amide bonds. The maximum atomic E-state index is 12.5. The predicted molar refractivity (Wildman–Crippen MR) is 58.2 cm³/mol. The Morgan fingerprint density at radius 2 is 1.72 bits per heavy atom. The Labute approximate surface area is 102 Å². The van der Waals surface area contributed by atoms with Gasteiger partial charge in [-0.15, -0.1) is 0 Å². The first-order chi connectivity index (χ1) is 8.12. The molecule has 1 atom stereocenters. The standard InChI is InChI=1S/C12H13F3O3/c1-6-4-9(18-8(3)16)5-7(2)10(6)11(17)12(13,14)15/h4-5,11,17H,1-3H3. The van der Waals surface area contributed by atoms with Crippen LogP contribution in [0.1, 0.15) is 29.7 Å². The van der Waals surface area contributed by atoms with Crippen LogP contribution in [0.25, 0.3) is 0 Å². The number of carbonyl (C=O) groups excluding carboxylic acids is 1. The lowest BCUT2D eigenvalue weighted by molar-refractivity contribution is -0.207. The van der Waals surface area contributed by atoms with Crippen molar-refractivity contribution in [1.29, 1.82) is 0 Å². The Morgan fingerprint density at radius 3 is 2.06 bits per heavy atom. The van der Waals surface area contributed by atoms with Crippen LogP contribution in [-0.2, 0) is 4.79 Å². The highest BCUT2D eigenvalue weighted by molar-refractivity contribution is 5.69. The van der Waals surface area contributed by atoms with Gasteiger partial charge in [0.05, 0.1) is 0 Å². The second-order valence-electron chi connectivity index (χ2n) is 4.01. The number of hydrogen-bond donors (Lipinski definition) is 1. The molecule has 0 spiro atoms. The molecular weight excluding hydrogens is 249 g/mol. The van der Waals surface area contributed by atoms with E-state index in [2.05, 4.69) is 0 Å². The fraction of sp³-hybridized carbons (Fsp3) is 0.417. The number of rotatable bonds is 2. The van der Waals surface area contributed by atoms with Crippen LogP contribution in [-0.4, -0.2) is 17.3 Å². The maximum Gasteiger partial charge on any atom is 0.418 e. The Morgan fingerprint density at radius 1 is 1.28 bits per heavy atom. The SMILES string of the molecule is CC(=O)Oc1cc(C)c(C(O)C(F)(F)F)c(C)c1. The Bertz CT molecular complexity index is 443. The molecule has 1 aromatic carbocycles. The van der Waals surface area contributed by atoms with Crippen molar-refractivity contribution < 1.29 is 27.8 Å². The van der Waals surface area contributed by atoms with Gasteiger partial charge in [-0.25, -0.2) is 0 Å². The van der Waals surface area contributed by atoms with Gasteiger partial charge in [0.15, 0.2) is 6.10 Å². The number of esters is 1. The fourth-order valence-electron chi connectivity index (χ4n) is 1.75. The van der Waals surface area contributed by atoms with Gasteiger partial charge in [-0.05, 0) is 42.7 Å². The largest absolute Gasteiger partial charge is 0.427 e. The van der Waals surface area contributed by atoms with E-state index in [-0.39, 0.29) is 22.4 Å². The van der Waals surface area contributed by atoms with Crippen molar-refractivity contribution in [2.45, 2.75) is 33.1 Å². The van der Waals surface area contributed by atoms with E-state index < -0.39 is 18.2 Å². The van der Waals surface area contributed by atoms with E-state index in [9.17, 15) is 23.1 Å². The zero-order chi connectivity index (χ0) is 14.1. The van der Waals surface area contributed by atoms with Crippen LogP contribution in [0.5, 0.6) is 5.75 Å². The second-order valence-corrected chi connectivity index (χ2v) is 4.01. The fourth-order valence-corrected chi connectivity index (χ4v) is 1.75. The van der Waals surface area contributed by atoms with E-state index >= 15 is 0 Å². The van der Waals surface area contributed by atoms with Gasteiger partial charge in [0.1, 0.15) is 5.75 Å². The van der Waals surface area contributed by atoms with Gasteiger partial charge < -0.3 is 9.84 Å². The Balaban J connectivity index is 3.20. The maximum absolute atomic E-state index is 12.5. The average molecular weight is 262 g/mol. The van der Waals surface area contributed by atoms with Crippen LogP contribution < -0.4 is 4.74 Å². The average Bonchev–Trinajstić information content (AvgIpc) is 2.13. The normalized spacial score (nSPS) is 13.3. The van der Waals surface area contributed by atoms with E-state index in [0.717, 1.165) is 0 Å². The first kappa shape index (κ1) is 14.5. The molecule has 18 heavy (non-hydrogen) atoms. The third-order valence-corrected chi connectivity index (χ3v) is 2.41. The molecule has 3 nitrogen and oxygen atoms in total. The van der Waals surface area contributed by atoms with Crippen LogP contribution in [0.4, 0.5) is 13.2 Å². The summed E-state index contributed by atoms with van der Waals surface area (Å²) in [5.74, 6) is -0.395. The molecule has 0 saturated heterocycles. The molecule has 0 fully saturated rings. The van der Waals surface area contributed by atoms with Crippen molar-refractivity contribution in [2.75, 3.05) is 0 Å². The second kappa shape index (κ2) is 4.97. The van der Waals surface area contributed by atoms with Crippen molar-refractivity contribution in [3.8, 4) is 5.75 Å². The van der Waals surface area contributed by atoms with Crippen molar-refractivity contribution in [2.24, 2.45) is 0 Å². The first-order valence-corrected chi connectivity index (χ1v) is 5.17. The van der Waals surface area contributed by atoms with Crippen molar-refractivity contribution in [3.05, 3.63) is 28.8 Å². The minimum atomic E-state index is -4.72. The Hall–Kier alpha value is -1.56. The minimum Gasteiger partial charge on any atom is -0.427 e. The van der Waals surface area contributed by atoms with Crippen molar-refractivity contribution >= 4 is 5.97 Å². The molecule has 1 aromatic rings. The van der Waals surface area contributed by atoms with Crippen LogP contribution in [0.3, 0.4) is 0 Å². The summed E-state index contributed by atoms with van der Waals surface area (Å²) in [6.45, 7) is 4.04. The molecule has 1 unspecified atom stereocenters. The van der Waals surface area contributed by atoms with E-state index in [1.54, 1.807) is 0 Å². The van der Waals surface area contributed by atoms with Gasteiger partial charge in [-0.2, -0.15) is 13.2 Å². The number of carbonyl (C=O) groups is 1. The molecule has 100 valence electrons. The van der Waals surface area contributed by atoms with Gasteiger partial charge in [-0.1, -0.05) is 0 Å². The molecule has 0 aliphatic carbocycles. The van der Waals surface area contributed by atoms with E-state index in [1.165, 1.54) is 32.9 Å². The monoisotopic (exact) mass is 262 g/mol. The number of hydrogen-bond acceptors (Lipinski definition) is 3. The molecule has 1 N–H and O–H groups in total. The summed E-state index contributed by atoms with van der Waals surface area (Å²) < 4.78 is 42.2. The Kier molecular flexibility index (Phi) is 4.01. The lowest BCUT2D eigenvalue weighted by Gasteiger charge is -2.20. The highest BCUT2D eigenvalue weighted by Crippen LogP contribution is 2.37. The lowest BCUT2D eigenvalue weighted by Crippen LogP contribution is -2.22. The van der Waals surface area contributed by atoms with E-state index in [4.69, 9.17) is 4.74 Å². The summed E-state index contributed by atoms with van der Waals surface area (Å²) in [4.78, 5) is 10.8. The zero-order valence-corrected chi connectivity index (χ0v) is 10.1. The summed E-state index contributed by atoms with van der Waals surface area (Å²) in [6.07, 6.45) is -7.26. The molecule has 1 rings (SSSR count). The molecule has 0 radical (unpaired) electrons. The highest BCUT2D eigenvalue weighted by atomic mass is 19.4. The van der Waals surface area contributed by atoms with Crippen molar-refractivity contribution in [3.63, 3.8) is 0 Å². The summed E-state index contributed by atoms with van der Waals surface area (Å²) in [5, 5.41) is 9.26. The van der Waals surface area contributed by atoms with Gasteiger partial charge in [0.2, 0.25) is 0 Å². The molecular formula is C12H13F3O3. The lowest BCUT2D eigenvalue weighted by atomic mass is 9.97. The first-order valence-electron chi connectivity index (χ1n) is 5.17. The molecule has 6 heteroatoms. The molecule has 0 saturated carbocycles. The van der Waals surface area contributed by atoms with Gasteiger partial charge in [0, 0.05) is 6.92 Å². The molecule has 0 aromatic heterocycles. The number of aliphatic hydroxyl groups is 1. The number of aliphatic hydroxyl groups excluding tert-OH is 1. The van der Waals surface area contributed by atoms with E-state index in [1.807, 2.05) is 0 Å². The summed E-state index contributed by atoms with van der Waals surface area (Å²) >= 11 is 0. The zero-order valence-electron chi connectivity index (χ0n) is 10.1. The third kappa shape index (κ3) is 3.22. The predicted octanol–water partition coefficient (Wildman–Crippen LogP) is 2.82. The number of halogens is 3. The van der Waals surface area contributed by atoms with Crippen LogP contribution in [0, 0.1) is 13.8 Å².